The van der Waals surface area contributed by atoms with E-state index in [1.807, 2.05) is 0 Å². The molecule has 0 saturated carbocycles. The van der Waals surface area contributed by atoms with Gasteiger partial charge in [-0.15, -0.1) is 0 Å². The molecule has 0 radical (unpaired) electrons. The number of nitro groups is 1. The molecule has 198 valence electrons. The van der Waals surface area contributed by atoms with E-state index >= 15 is 0 Å². The molecule has 3 aromatic carbocycles. The molecule has 1 heterocycles. The number of anilines is 4. The molecule has 0 saturated heterocycles. The highest BCUT2D eigenvalue weighted by atomic mass is 35.5. The first-order valence-electron chi connectivity index (χ1n) is 11.5. The van der Waals surface area contributed by atoms with Gasteiger partial charge in [-0.3, -0.25) is 10.1 Å². The SMILES string of the molecule is COc1ccc(OC)c(Nc2ncnc(Nc3cc(Cl)c(C(C#N)c4ccc(Cl)cc4)cc3C)c2[N+](=O)[O-])c1. The molecule has 0 aliphatic carbocycles. The average Bonchev–Trinajstić information content (AvgIpc) is 2.92. The van der Waals surface area contributed by atoms with Gasteiger partial charge in [0.2, 0.25) is 11.6 Å². The summed E-state index contributed by atoms with van der Waals surface area (Å²) >= 11 is 12.6. The van der Waals surface area contributed by atoms with E-state index < -0.39 is 16.5 Å². The first-order valence-corrected chi connectivity index (χ1v) is 12.2. The number of rotatable bonds is 9. The van der Waals surface area contributed by atoms with E-state index in [-0.39, 0.29) is 11.6 Å². The van der Waals surface area contributed by atoms with Crippen LogP contribution in [0.1, 0.15) is 22.6 Å². The summed E-state index contributed by atoms with van der Waals surface area (Å²) in [5.74, 6) is 0.208. The molecule has 4 aromatic rings. The summed E-state index contributed by atoms with van der Waals surface area (Å²) in [4.78, 5) is 19.7. The third kappa shape index (κ3) is 5.95. The Kier molecular flexibility index (Phi) is 8.34. The molecule has 4 rings (SSSR count). The molecule has 2 N–H and O–H groups in total. The lowest BCUT2D eigenvalue weighted by Crippen LogP contribution is -2.07. The van der Waals surface area contributed by atoms with Crippen molar-refractivity contribution in [2.45, 2.75) is 12.8 Å². The van der Waals surface area contributed by atoms with Gasteiger partial charge in [0.15, 0.2) is 0 Å². The van der Waals surface area contributed by atoms with Crippen LogP contribution in [-0.4, -0.2) is 29.1 Å². The second-order valence-electron chi connectivity index (χ2n) is 8.30. The lowest BCUT2D eigenvalue weighted by molar-refractivity contribution is -0.383. The van der Waals surface area contributed by atoms with Crippen molar-refractivity contribution in [3.63, 3.8) is 0 Å². The van der Waals surface area contributed by atoms with Gasteiger partial charge < -0.3 is 20.1 Å². The number of benzene rings is 3. The Balaban J connectivity index is 1.70. The van der Waals surface area contributed by atoms with E-state index in [9.17, 15) is 15.4 Å². The van der Waals surface area contributed by atoms with Crippen LogP contribution in [0, 0.1) is 28.4 Å². The molecule has 1 atom stereocenters. The minimum Gasteiger partial charge on any atom is -0.497 e. The number of ether oxygens (including phenoxy) is 2. The predicted molar refractivity (Wildman–Crippen MR) is 150 cm³/mol. The van der Waals surface area contributed by atoms with E-state index in [1.54, 1.807) is 61.5 Å². The number of aromatic nitrogens is 2. The topological polar surface area (TPSA) is 135 Å². The molecular weight excluding hydrogens is 543 g/mol. The monoisotopic (exact) mass is 564 g/mol. The van der Waals surface area contributed by atoms with Gasteiger partial charge in [-0.2, -0.15) is 5.26 Å². The van der Waals surface area contributed by atoms with Crippen LogP contribution in [0.25, 0.3) is 0 Å². The number of methoxy groups -OCH3 is 2. The Morgan fingerprint density at radius 3 is 2.23 bits per heavy atom. The lowest BCUT2D eigenvalue weighted by Gasteiger charge is -2.17. The maximum absolute atomic E-state index is 12.1. The molecule has 39 heavy (non-hydrogen) atoms. The molecule has 0 aliphatic rings. The molecular formula is C27H22Cl2N6O4. The minimum atomic E-state index is -0.635. The molecule has 12 heteroatoms. The average molecular weight is 565 g/mol. The van der Waals surface area contributed by atoms with Crippen molar-refractivity contribution in [2.75, 3.05) is 24.9 Å². The summed E-state index contributed by atoms with van der Waals surface area (Å²) in [5, 5.41) is 28.8. The highest BCUT2D eigenvalue weighted by molar-refractivity contribution is 6.32. The van der Waals surface area contributed by atoms with Crippen molar-refractivity contribution in [1.29, 1.82) is 5.26 Å². The number of hydrogen-bond donors (Lipinski definition) is 2. The second kappa shape index (κ2) is 11.9. The van der Waals surface area contributed by atoms with Gasteiger partial charge >= 0.3 is 5.69 Å². The van der Waals surface area contributed by atoms with Crippen LogP contribution >= 0.6 is 23.2 Å². The van der Waals surface area contributed by atoms with E-state index in [0.717, 1.165) is 5.56 Å². The molecule has 0 spiro atoms. The van der Waals surface area contributed by atoms with Crippen LogP contribution < -0.4 is 20.1 Å². The molecule has 10 nitrogen and oxygen atoms in total. The van der Waals surface area contributed by atoms with Gasteiger partial charge in [-0.05, 0) is 53.9 Å². The van der Waals surface area contributed by atoms with E-state index in [1.165, 1.54) is 20.5 Å². The summed E-state index contributed by atoms with van der Waals surface area (Å²) in [6, 6.07) is 17.6. The zero-order valence-corrected chi connectivity index (χ0v) is 22.5. The molecule has 1 aromatic heterocycles. The molecule has 0 aliphatic heterocycles. The highest BCUT2D eigenvalue weighted by Crippen LogP contribution is 2.39. The van der Waals surface area contributed by atoms with Crippen LogP contribution in [0.3, 0.4) is 0 Å². The zero-order chi connectivity index (χ0) is 28.1. The Hall–Kier alpha value is -4.59. The van der Waals surface area contributed by atoms with Crippen molar-refractivity contribution in [1.82, 2.24) is 9.97 Å². The molecule has 1 unspecified atom stereocenters. The maximum atomic E-state index is 12.1. The van der Waals surface area contributed by atoms with E-state index in [0.29, 0.717) is 44.0 Å². The van der Waals surface area contributed by atoms with Crippen LogP contribution in [0.2, 0.25) is 10.0 Å². The number of nitrogens with zero attached hydrogens (tertiary/aromatic N) is 4. The zero-order valence-electron chi connectivity index (χ0n) is 21.0. The lowest BCUT2D eigenvalue weighted by atomic mass is 9.91. The van der Waals surface area contributed by atoms with Gasteiger partial charge in [0.05, 0.1) is 36.8 Å². The fraction of sp³-hybridized carbons (Fsp3) is 0.148. The van der Waals surface area contributed by atoms with Gasteiger partial charge in [-0.1, -0.05) is 41.4 Å². The van der Waals surface area contributed by atoms with E-state index in [2.05, 4.69) is 26.7 Å². The third-order valence-electron chi connectivity index (χ3n) is 5.90. The van der Waals surface area contributed by atoms with Crippen LogP contribution in [0.15, 0.2) is 60.9 Å². The largest absolute Gasteiger partial charge is 0.497 e. The quantitative estimate of drug-likeness (QED) is 0.160. The number of hydrogen-bond acceptors (Lipinski definition) is 9. The summed E-state index contributed by atoms with van der Waals surface area (Å²) in [7, 11) is 2.99. The molecule has 0 bridgehead atoms. The van der Waals surface area contributed by atoms with Crippen LogP contribution in [-0.2, 0) is 0 Å². The van der Waals surface area contributed by atoms with Crippen molar-refractivity contribution in [3.05, 3.63) is 97.8 Å². The first-order chi connectivity index (χ1) is 18.7. The smallest absolute Gasteiger partial charge is 0.353 e. The standard InChI is InChI=1S/C27H22Cl2N6O4/c1-15-10-19(20(13-30)16-4-6-17(28)7-5-16)21(29)12-22(15)33-26-25(35(36)37)27(32-14-31-26)34-23-11-18(38-2)8-9-24(23)39-3/h4-12,14,20H,1-3H3,(H2,31,32,33,34). The number of nitrogens with one attached hydrogen (secondary N) is 2. The maximum Gasteiger partial charge on any atom is 0.353 e. The summed E-state index contributed by atoms with van der Waals surface area (Å²) in [6.45, 7) is 1.80. The second-order valence-corrected chi connectivity index (χ2v) is 9.14. The first kappa shape index (κ1) is 27.4. The summed E-state index contributed by atoms with van der Waals surface area (Å²) < 4.78 is 10.6. The summed E-state index contributed by atoms with van der Waals surface area (Å²) in [5.41, 5.74) is 2.52. The Morgan fingerprint density at radius 1 is 0.974 bits per heavy atom. The number of aryl methyl sites for hydroxylation is 1. The Labute approximate surface area is 234 Å². The van der Waals surface area contributed by atoms with Crippen LogP contribution in [0.5, 0.6) is 11.5 Å². The number of halogens is 2. The van der Waals surface area contributed by atoms with Crippen molar-refractivity contribution in [3.8, 4) is 17.6 Å². The van der Waals surface area contributed by atoms with Gasteiger partial charge in [0.25, 0.3) is 0 Å². The predicted octanol–water partition coefficient (Wildman–Crippen LogP) is 7.16. The van der Waals surface area contributed by atoms with Crippen molar-refractivity contribution < 1.29 is 14.4 Å². The summed E-state index contributed by atoms with van der Waals surface area (Å²) in [6.07, 6.45) is 1.20. The van der Waals surface area contributed by atoms with E-state index in [4.69, 9.17) is 32.7 Å². The number of nitriles is 1. The Bertz CT molecular complexity index is 1570. The minimum absolute atomic E-state index is 0.0548. The van der Waals surface area contributed by atoms with Gasteiger partial charge in [0, 0.05) is 21.8 Å². The molecule has 0 fully saturated rings. The highest BCUT2D eigenvalue weighted by Gasteiger charge is 2.25. The van der Waals surface area contributed by atoms with Gasteiger partial charge in [-0.25, -0.2) is 9.97 Å². The van der Waals surface area contributed by atoms with Crippen LogP contribution in [0.4, 0.5) is 28.7 Å². The van der Waals surface area contributed by atoms with Crippen molar-refractivity contribution in [2.24, 2.45) is 0 Å². The van der Waals surface area contributed by atoms with Gasteiger partial charge in [0.1, 0.15) is 17.8 Å². The Morgan fingerprint density at radius 2 is 1.64 bits per heavy atom. The normalized spacial score (nSPS) is 11.3. The van der Waals surface area contributed by atoms with Crippen molar-refractivity contribution >= 4 is 51.9 Å². The fourth-order valence-corrected chi connectivity index (χ4v) is 4.34. The molecule has 0 amide bonds. The fourth-order valence-electron chi connectivity index (χ4n) is 3.94. The third-order valence-corrected chi connectivity index (χ3v) is 6.48.